The minimum Gasteiger partial charge on any atom is -0.325 e. The van der Waals surface area contributed by atoms with E-state index in [-0.39, 0.29) is 0 Å². The number of imidazole rings is 1. The topological polar surface area (TPSA) is 60.9 Å². The zero-order valence-corrected chi connectivity index (χ0v) is 14.4. The number of rotatable bonds is 4. The molecule has 4 aromatic rings. The fraction of sp³-hybridized carbons (Fsp3) is 0.222. The Kier molecular flexibility index (Phi) is 4.14. The third-order valence-corrected chi connectivity index (χ3v) is 4.37. The van der Waals surface area contributed by atoms with Gasteiger partial charge in [0.1, 0.15) is 18.5 Å². The van der Waals surface area contributed by atoms with E-state index in [0.717, 1.165) is 29.0 Å². The van der Waals surface area contributed by atoms with Crippen molar-refractivity contribution in [1.29, 1.82) is 0 Å². The first-order valence-electron chi connectivity index (χ1n) is 8.32. The second-order valence-corrected chi connectivity index (χ2v) is 6.04. The van der Waals surface area contributed by atoms with Crippen molar-refractivity contribution in [2.75, 3.05) is 0 Å². The summed E-state index contributed by atoms with van der Waals surface area (Å²) in [6.07, 6.45) is 2.81. The molecule has 0 unspecified atom stereocenters. The molecular formula is C18H15F3N6. The summed E-state index contributed by atoms with van der Waals surface area (Å²) >= 11 is 0. The summed E-state index contributed by atoms with van der Waals surface area (Å²) in [6.45, 7) is 2.37. The number of hydrogen-bond donors (Lipinski definition) is 0. The van der Waals surface area contributed by atoms with E-state index >= 15 is 0 Å². The van der Waals surface area contributed by atoms with Crippen LogP contribution in [0.1, 0.15) is 23.7 Å². The molecule has 0 aliphatic carbocycles. The number of hydrogen-bond acceptors (Lipinski definition) is 4. The van der Waals surface area contributed by atoms with Gasteiger partial charge >= 0.3 is 6.18 Å². The van der Waals surface area contributed by atoms with Crippen molar-refractivity contribution in [2.45, 2.75) is 26.1 Å². The molecule has 1 aromatic carbocycles. The highest BCUT2D eigenvalue weighted by Crippen LogP contribution is 2.32. The Balaban J connectivity index is 1.74. The van der Waals surface area contributed by atoms with Gasteiger partial charge in [-0.15, -0.1) is 10.2 Å². The lowest BCUT2D eigenvalue weighted by Crippen LogP contribution is -2.09. The summed E-state index contributed by atoms with van der Waals surface area (Å²) in [7, 11) is 0. The van der Waals surface area contributed by atoms with Crippen molar-refractivity contribution < 1.29 is 13.2 Å². The van der Waals surface area contributed by atoms with E-state index < -0.39 is 11.7 Å². The van der Waals surface area contributed by atoms with Gasteiger partial charge < -0.3 is 4.57 Å². The molecule has 0 spiro atoms. The molecule has 0 saturated heterocycles. The van der Waals surface area contributed by atoms with Crippen LogP contribution in [0.4, 0.5) is 13.2 Å². The minimum atomic E-state index is -4.40. The Bertz CT molecular complexity index is 1100. The molecule has 6 nitrogen and oxygen atoms in total. The van der Waals surface area contributed by atoms with E-state index in [1.165, 1.54) is 6.07 Å². The average Bonchev–Trinajstić information content (AvgIpc) is 3.30. The predicted molar refractivity (Wildman–Crippen MR) is 91.9 cm³/mol. The van der Waals surface area contributed by atoms with Gasteiger partial charge in [-0.1, -0.05) is 19.1 Å². The first-order chi connectivity index (χ1) is 13.0. The molecule has 0 radical (unpaired) electrons. The third kappa shape index (κ3) is 3.16. The van der Waals surface area contributed by atoms with Crippen LogP contribution in [0.25, 0.3) is 17.0 Å². The number of alkyl halides is 3. The van der Waals surface area contributed by atoms with Gasteiger partial charge in [0, 0.05) is 23.5 Å². The summed E-state index contributed by atoms with van der Waals surface area (Å²) in [4.78, 5) is 8.72. The highest BCUT2D eigenvalue weighted by atomic mass is 19.4. The molecule has 0 bridgehead atoms. The van der Waals surface area contributed by atoms with Crippen molar-refractivity contribution in [3.8, 4) is 11.4 Å². The zero-order valence-electron chi connectivity index (χ0n) is 14.4. The lowest BCUT2D eigenvalue weighted by atomic mass is 10.1. The van der Waals surface area contributed by atoms with E-state index in [1.807, 2.05) is 6.92 Å². The van der Waals surface area contributed by atoms with Crippen molar-refractivity contribution in [3.05, 3.63) is 66.1 Å². The smallest absolute Gasteiger partial charge is 0.325 e. The molecule has 3 aromatic heterocycles. The summed E-state index contributed by atoms with van der Waals surface area (Å²) < 4.78 is 42.6. The van der Waals surface area contributed by atoms with Crippen molar-refractivity contribution in [2.24, 2.45) is 0 Å². The second-order valence-electron chi connectivity index (χ2n) is 6.04. The highest BCUT2D eigenvalue weighted by Gasteiger charge is 2.30. The van der Waals surface area contributed by atoms with Gasteiger partial charge in [0.2, 0.25) is 0 Å². The van der Waals surface area contributed by atoms with E-state index in [9.17, 15) is 13.2 Å². The SMILES string of the molecule is CCc1c(Cn2ccnc2-c2cccc(C(F)(F)F)c2)ncn2cnnc12. The Hall–Kier alpha value is -3.23. The molecule has 4 rings (SSSR count). The Morgan fingerprint density at radius 3 is 2.74 bits per heavy atom. The van der Waals surface area contributed by atoms with Gasteiger partial charge in [-0.3, -0.25) is 4.40 Å². The fourth-order valence-electron chi connectivity index (χ4n) is 3.07. The summed E-state index contributed by atoms with van der Waals surface area (Å²) in [5, 5.41) is 8.01. The first-order valence-corrected chi connectivity index (χ1v) is 8.32. The molecule has 0 atom stereocenters. The molecule has 0 saturated carbocycles. The number of aromatic nitrogens is 6. The van der Waals surface area contributed by atoms with Crippen LogP contribution < -0.4 is 0 Å². The molecule has 9 heteroatoms. The number of benzene rings is 1. The van der Waals surface area contributed by atoms with Crippen LogP contribution in [0.5, 0.6) is 0 Å². The zero-order chi connectivity index (χ0) is 19.0. The molecule has 27 heavy (non-hydrogen) atoms. The van der Waals surface area contributed by atoms with Crippen LogP contribution in [0.2, 0.25) is 0 Å². The van der Waals surface area contributed by atoms with Gasteiger partial charge in [-0.2, -0.15) is 13.2 Å². The summed E-state index contributed by atoms with van der Waals surface area (Å²) in [6, 6.07) is 5.15. The monoisotopic (exact) mass is 372 g/mol. The maximum Gasteiger partial charge on any atom is 0.416 e. The highest BCUT2D eigenvalue weighted by molar-refractivity contribution is 5.57. The van der Waals surface area contributed by atoms with Crippen LogP contribution in [-0.2, 0) is 19.1 Å². The number of nitrogens with zero attached hydrogens (tertiary/aromatic N) is 6. The largest absolute Gasteiger partial charge is 0.416 e. The van der Waals surface area contributed by atoms with Crippen LogP contribution in [0.3, 0.4) is 0 Å². The molecule has 138 valence electrons. The van der Waals surface area contributed by atoms with Gasteiger partial charge in [0.05, 0.1) is 17.8 Å². The van der Waals surface area contributed by atoms with Gasteiger partial charge in [-0.25, -0.2) is 9.97 Å². The number of fused-ring (bicyclic) bond motifs is 1. The van der Waals surface area contributed by atoms with E-state index in [4.69, 9.17) is 0 Å². The van der Waals surface area contributed by atoms with E-state index in [0.29, 0.717) is 24.4 Å². The number of aryl methyl sites for hydroxylation is 1. The number of halogens is 3. The lowest BCUT2D eigenvalue weighted by Gasteiger charge is -2.12. The fourth-order valence-corrected chi connectivity index (χ4v) is 3.07. The van der Waals surface area contributed by atoms with Crippen LogP contribution in [0.15, 0.2) is 49.3 Å². The van der Waals surface area contributed by atoms with Crippen molar-refractivity contribution in [3.63, 3.8) is 0 Å². The molecule has 0 aliphatic rings. The second kappa shape index (κ2) is 6.49. The maximum absolute atomic E-state index is 13.0. The Morgan fingerprint density at radius 1 is 1.11 bits per heavy atom. The third-order valence-electron chi connectivity index (χ3n) is 4.37. The summed E-state index contributed by atoms with van der Waals surface area (Å²) in [5.74, 6) is 0.450. The van der Waals surface area contributed by atoms with E-state index in [2.05, 4.69) is 20.2 Å². The molecule has 0 aliphatic heterocycles. The van der Waals surface area contributed by atoms with Crippen LogP contribution in [0, 0.1) is 0 Å². The Morgan fingerprint density at radius 2 is 1.96 bits per heavy atom. The average molecular weight is 372 g/mol. The standard InChI is InChI=1S/C18H15F3N6/c1-2-14-15(23-10-27-11-24-25-17(14)27)9-26-7-6-22-16(26)12-4-3-5-13(8-12)18(19,20)21/h3-8,10-11H,2,9H2,1H3. The molecular weight excluding hydrogens is 357 g/mol. The normalized spacial score (nSPS) is 12.0. The van der Waals surface area contributed by atoms with Crippen molar-refractivity contribution in [1.82, 2.24) is 29.1 Å². The molecule has 0 fully saturated rings. The van der Waals surface area contributed by atoms with Crippen LogP contribution in [-0.4, -0.2) is 29.1 Å². The molecule has 0 amide bonds. The first kappa shape index (κ1) is 17.2. The van der Waals surface area contributed by atoms with Gasteiger partial charge in [0.25, 0.3) is 0 Å². The summed E-state index contributed by atoms with van der Waals surface area (Å²) in [5.41, 5.74) is 2.15. The maximum atomic E-state index is 13.0. The Labute approximate surface area is 152 Å². The predicted octanol–water partition coefficient (Wildman–Crippen LogP) is 3.62. The quantitative estimate of drug-likeness (QED) is 0.549. The van der Waals surface area contributed by atoms with Crippen molar-refractivity contribution >= 4 is 5.65 Å². The minimum absolute atomic E-state index is 0.373. The van der Waals surface area contributed by atoms with Crippen LogP contribution >= 0.6 is 0 Å². The van der Waals surface area contributed by atoms with Gasteiger partial charge in [-0.05, 0) is 18.6 Å². The van der Waals surface area contributed by atoms with Gasteiger partial charge in [0.15, 0.2) is 5.65 Å². The lowest BCUT2D eigenvalue weighted by molar-refractivity contribution is -0.137. The molecule has 0 N–H and O–H groups in total. The molecule has 3 heterocycles. The van der Waals surface area contributed by atoms with E-state index in [1.54, 1.807) is 40.1 Å².